The van der Waals surface area contributed by atoms with E-state index in [4.69, 9.17) is 10.8 Å². The highest BCUT2D eigenvalue weighted by Crippen LogP contribution is 2.20. The third-order valence-corrected chi connectivity index (χ3v) is 2.60. The highest BCUT2D eigenvalue weighted by Gasteiger charge is 2.10. The number of carbonyl (C=O) groups is 1. The first-order chi connectivity index (χ1) is 8.06. The topological polar surface area (TPSA) is 79.5 Å². The predicted molar refractivity (Wildman–Crippen MR) is 68.4 cm³/mol. The molecule has 0 aliphatic rings. The fourth-order valence-corrected chi connectivity index (χ4v) is 1.62. The van der Waals surface area contributed by atoms with Gasteiger partial charge in [0.05, 0.1) is 11.3 Å². The number of pyridine rings is 1. The van der Waals surface area contributed by atoms with Crippen molar-refractivity contribution in [1.29, 1.82) is 0 Å². The van der Waals surface area contributed by atoms with E-state index in [1.54, 1.807) is 0 Å². The summed E-state index contributed by atoms with van der Waals surface area (Å²) in [5.74, 6) is -0.365. The Morgan fingerprint density at radius 2 is 2.24 bits per heavy atom. The van der Waals surface area contributed by atoms with Crippen molar-refractivity contribution in [1.82, 2.24) is 4.98 Å². The van der Waals surface area contributed by atoms with Crippen LogP contribution in [0.5, 0.6) is 0 Å². The van der Waals surface area contributed by atoms with Gasteiger partial charge in [-0.3, -0.25) is 0 Å². The highest BCUT2D eigenvalue weighted by atomic mass is 16.4. The van der Waals surface area contributed by atoms with E-state index in [0.717, 1.165) is 25.8 Å². The first-order valence-electron chi connectivity index (χ1n) is 5.76. The maximum Gasteiger partial charge on any atom is 0.337 e. The average molecular weight is 237 g/mol. The van der Waals surface area contributed by atoms with E-state index >= 15 is 0 Å². The van der Waals surface area contributed by atoms with Gasteiger partial charge in [-0.25, -0.2) is 9.78 Å². The number of hydrogen-bond acceptors (Lipinski definition) is 4. The van der Waals surface area contributed by atoms with Gasteiger partial charge in [0, 0.05) is 19.8 Å². The summed E-state index contributed by atoms with van der Waals surface area (Å²) in [5, 5.41) is 8.80. The predicted octanol–water partition coefficient (Wildman–Crippen LogP) is 1.99. The minimum absolute atomic E-state index is 0.119. The van der Waals surface area contributed by atoms with Crippen LogP contribution in [-0.2, 0) is 0 Å². The van der Waals surface area contributed by atoms with Gasteiger partial charge in [-0.2, -0.15) is 0 Å². The molecule has 3 N–H and O–H groups in total. The number of anilines is 2. The van der Waals surface area contributed by atoms with Crippen molar-refractivity contribution in [3.63, 3.8) is 0 Å². The Morgan fingerprint density at radius 1 is 1.53 bits per heavy atom. The van der Waals surface area contributed by atoms with Gasteiger partial charge in [-0.05, 0) is 12.5 Å². The molecule has 1 aromatic rings. The van der Waals surface area contributed by atoms with Crippen LogP contribution in [0.15, 0.2) is 12.3 Å². The van der Waals surface area contributed by atoms with Gasteiger partial charge in [0.2, 0.25) is 0 Å². The number of hydrogen-bond donors (Lipinski definition) is 2. The minimum atomic E-state index is -1.01. The van der Waals surface area contributed by atoms with Crippen LogP contribution in [0.25, 0.3) is 0 Å². The van der Waals surface area contributed by atoms with Crippen molar-refractivity contribution in [3.05, 3.63) is 17.8 Å². The molecule has 0 saturated heterocycles. The van der Waals surface area contributed by atoms with Gasteiger partial charge in [0.1, 0.15) is 0 Å². The molecule has 0 bridgehead atoms. The lowest BCUT2D eigenvalue weighted by molar-refractivity contribution is 0.0696. The van der Waals surface area contributed by atoms with Crippen molar-refractivity contribution in [2.75, 3.05) is 24.2 Å². The molecule has 0 unspecified atom stereocenters. The second kappa shape index (κ2) is 6.08. The molecule has 1 heterocycles. The molecule has 0 fully saturated rings. The molecule has 0 aliphatic carbocycles. The van der Waals surface area contributed by atoms with Crippen LogP contribution in [0.3, 0.4) is 0 Å². The molecule has 1 rings (SSSR count). The van der Waals surface area contributed by atoms with Gasteiger partial charge in [0.15, 0.2) is 5.82 Å². The van der Waals surface area contributed by atoms with Crippen LogP contribution in [-0.4, -0.2) is 29.7 Å². The molecular weight excluding hydrogens is 218 g/mol. The summed E-state index contributed by atoms with van der Waals surface area (Å²) in [6, 6.07) is 1.45. The molecule has 0 spiro atoms. The second-order valence-electron chi connectivity index (χ2n) is 4.07. The van der Waals surface area contributed by atoms with E-state index in [2.05, 4.69) is 11.9 Å². The standard InChI is InChI=1S/C12H19N3O2/c1-3-4-5-6-15(2)11-10(13)7-9(8-14-11)12(16)17/h7-8H,3-6,13H2,1-2H3,(H,16,17). The van der Waals surface area contributed by atoms with E-state index in [1.807, 2.05) is 11.9 Å². The molecule has 1 aromatic heterocycles. The number of carboxylic acids is 1. The molecule has 0 amide bonds. The van der Waals surface area contributed by atoms with Gasteiger partial charge in [-0.1, -0.05) is 19.8 Å². The van der Waals surface area contributed by atoms with E-state index in [9.17, 15) is 4.79 Å². The molecule has 0 aromatic carbocycles. The lowest BCUT2D eigenvalue weighted by Crippen LogP contribution is -2.21. The molecule has 0 saturated carbocycles. The Hall–Kier alpha value is -1.78. The number of nitrogens with zero attached hydrogens (tertiary/aromatic N) is 2. The molecule has 5 nitrogen and oxygen atoms in total. The van der Waals surface area contributed by atoms with Gasteiger partial charge >= 0.3 is 5.97 Å². The van der Waals surface area contributed by atoms with Crippen molar-refractivity contribution in [2.24, 2.45) is 0 Å². The molecule has 0 aliphatic heterocycles. The Bertz CT molecular complexity index is 393. The van der Waals surface area contributed by atoms with Gasteiger partial charge in [0.25, 0.3) is 0 Å². The lowest BCUT2D eigenvalue weighted by atomic mass is 10.2. The van der Waals surface area contributed by atoms with Crippen LogP contribution in [0.4, 0.5) is 11.5 Å². The fraction of sp³-hybridized carbons (Fsp3) is 0.500. The third kappa shape index (κ3) is 3.62. The smallest absolute Gasteiger partial charge is 0.337 e. The Morgan fingerprint density at radius 3 is 2.76 bits per heavy atom. The molecule has 94 valence electrons. The summed E-state index contributed by atoms with van der Waals surface area (Å²) in [4.78, 5) is 16.8. The summed E-state index contributed by atoms with van der Waals surface area (Å²) in [7, 11) is 1.91. The third-order valence-electron chi connectivity index (χ3n) is 2.60. The molecule has 5 heteroatoms. The normalized spacial score (nSPS) is 10.2. The van der Waals surface area contributed by atoms with Crippen LogP contribution in [0.2, 0.25) is 0 Å². The van der Waals surface area contributed by atoms with E-state index in [0.29, 0.717) is 11.5 Å². The zero-order chi connectivity index (χ0) is 12.8. The number of nitrogens with two attached hydrogens (primary N) is 1. The molecular formula is C12H19N3O2. The summed E-state index contributed by atoms with van der Waals surface area (Å²) in [6.07, 6.45) is 4.74. The van der Waals surface area contributed by atoms with Crippen LogP contribution < -0.4 is 10.6 Å². The van der Waals surface area contributed by atoms with E-state index < -0.39 is 5.97 Å². The Labute approximate surface area is 101 Å². The zero-order valence-corrected chi connectivity index (χ0v) is 10.3. The van der Waals surface area contributed by atoms with Gasteiger partial charge in [-0.15, -0.1) is 0 Å². The first-order valence-corrected chi connectivity index (χ1v) is 5.76. The maximum atomic E-state index is 10.7. The molecule has 17 heavy (non-hydrogen) atoms. The molecule has 0 atom stereocenters. The maximum absolute atomic E-state index is 10.7. The van der Waals surface area contributed by atoms with Crippen LogP contribution in [0.1, 0.15) is 36.5 Å². The largest absolute Gasteiger partial charge is 0.478 e. The van der Waals surface area contributed by atoms with Gasteiger partial charge < -0.3 is 15.7 Å². The summed E-state index contributed by atoms with van der Waals surface area (Å²) in [5.41, 5.74) is 6.32. The van der Waals surface area contributed by atoms with Crippen molar-refractivity contribution in [3.8, 4) is 0 Å². The number of unbranched alkanes of at least 4 members (excludes halogenated alkanes) is 2. The quantitative estimate of drug-likeness (QED) is 0.740. The van der Waals surface area contributed by atoms with Crippen molar-refractivity contribution < 1.29 is 9.90 Å². The van der Waals surface area contributed by atoms with Crippen molar-refractivity contribution in [2.45, 2.75) is 26.2 Å². The summed E-state index contributed by atoms with van der Waals surface area (Å²) < 4.78 is 0. The minimum Gasteiger partial charge on any atom is -0.478 e. The lowest BCUT2D eigenvalue weighted by Gasteiger charge is -2.19. The summed E-state index contributed by atoms with van der Waals surface area (Å²) >= 11 is 0. The Kier molecular flexibility index (Phi) is 4.75. The number of carboxylic acid groups (broad SMARTS) is 1. The van der Waals surface area contributed by atoms with Crippen LogP contribution in [0, 0.1) is 0 Å². The average Bonchev–Trinajstić information content (AvgIpc) is 2.28. The highest BCUT2D eigenvalue weighted by molar-refractivity contribution is 5.89. The number of aromatic carboxylic acids is 1. The zero-order valence-electron chi connectivity index (χ0n) is 10.3. The Balaban J connectivity index is 2.74. The number of nitrogen functional groups attached to an aromatic ring is 1. The van der Waals surface area contributed by atoms with E-state index in [-0.39, 0.29) is 5.56 Å². The SMILES string of the molecule is CCCCCN(C)c1ncc(C(=O)O)cc1N. The number of rotatable bonds is 6. The second-order valence-corrected chi connectivity index (χ2v) is 4.07. The monoisotopic (exact) mass is 237 g/mol. The van der Waals surface area contributed by atoms with Crippen LogP contribution >= 0.6 is 0 Å². The molecule has 0 radical (unpaired) electrons. The number of aromatic nitrogens is 1. The fourth-order valence-electron chi connectivity index (χ4n) is 1.62. The van der Waals surface area contributed by atoms with E-state index in [1.165, 1.54) is 12.3 Å². The first kappa shape index (κ1) is 13.3. The van der Waals surface area contributed by atoms with Crippen molar-refractivity contribution >= 4 is 17.5 Å². The summed E-state index contributed by atoms with van der Waals surface area (Å²) in [6.45, 7) is 3.02.